The fourth-order valence-corrected chi connectivity index (χ4v) is 1.47. The lowest BCUT2D eigenvalue weighted by molar-refractivity contribution is -0.139. The van der Waals surface area contributed by atoms with E-state index in [0.29, 0.717) is 17.3 Å². The molecule has 2 atom stereocenters. The van der Waals surface area contributed by atoms with E-state index in [9.17, 15) is 9.59 Å². The molecule has 0 radical (unpaired) electrons. The lowest BCUT2D eigenvalue weighted by Gasteiger charge is -2.02. The van der Waals surface area contributed by atoms with Gasteiger partial charge in [0.1, 0.15) is 17.8 Å². The van der Waals surface area contributed by atoms with Crippen molar-refractivity contribution in [3.05, 3.63) is 0 Å². The van der Waals surface area contributed by atoms with Crippen molar-refractivity contribution in [3.63, 3.8) is 0 Å². The summed E-state index contributed by atoms with van der Waals surface area (Å²) in [6, 6.07) is -1.59. The van der Waals surface area contributed by atoms with E-state index in [2.05, 4.69) is 12.5 Å². The summed E-state index contributed by atoms with van der Waals surface area (Å²) in [5, 5.41) is 24.6. The molecule has 7 nitrogen and oxygen atoms in total. The third kappa shape index (κ3) is 17.9. The smallest absolute Gasteiger partial charge is 0.320 e. The van der Waals surface area contributed by atoms with Gasteiger partial charge in [-0.1, -0.05) is 0 Å². The van der Waals surface area contributed by atoms with Crippen molar-refractivity contribution in [3.8, 4) is 0 Å². The minimum Gasteiger partial charge on any atom is -1.00 e. The Balaban J connectivity index is -0.000000262. The third-order valence-corrected chi connectivity index (χ3v) is 2.96. The molecule has 0 aromatic heterocycles. The maximum Gasteiger partial charge on any atom is 0.320 e. The van der Waals surface area contributed by atoms with Crippen LogP contribution in [0.25, 0.3) is 0 Å². The molecule has 7 N–H and O–H groups in total. The molecule has 0 aliphatic heterocycles. The minimum absolute atomic E-state index is 0. The summed E-state index contributed by atoms with van der Waals surface area (Å²) >= 11 is 0. The van der Waals surface area contributed by atoms with E-state index in [1.165, 1.54) is 0 Å². The average molecular weight is 410 g/mol. The van der Waals surface area contributed by atoms with Crippen LogP contribution < -0.4 is 35.4 Å². The Morgan fingerprint density at radius 1 is 1.05 bits per heavy atom. The van der Waals surface area contributed by atoms with Gasteiger partial charge in [-0.15, -0.1) is 0 Å². The number of hydrogen-bond acceptors (Lipinski definition) is 5. The highest BCUT2D eigenvalue weighted by Crippen LogP contribution is 1.93. The van der Waals surface area contributed by atoms with Crippen LogP contribution in [0.4, 0.5) is 0 Å². The van der Waals surface area contributed by atoms with Gasteiger partial charge in [0.15, 0.2) is 0 Å². The number of aliphatic carboxylic acids is 2. The molecule has 0 aliphatic carbocycles. The van der Waals surface area contributed by atoms with Crippen molar-refractivity contribution in [2.75, 3.05) is 24.9 Å². The molecule has 0 unspecified atom stereocenters. The number of aliphatic hydroxyl groups is 1. The number of halogens is 1. The molecule has 19 heavy (non-hydrogen) atoms. The molecule has 0 fully saturated rings. The number of carboxylic acids is 2. The average Bonchev–Trinajstić information content (AvgIpc) is 2.26. The molecule has 0 aromatic rings. The van der Waals surface area contributed by atoms with Gasteiger partial charge < -0.3 is 50.8 Å². The molecule has 0 saturated carbocycles. The first-order valence-electron chi connectivity index (χ1n) is 5.34. The first kappa shape index (κ1) is 24.0. The normalized spacial score (nSPS) is 12.7. The summed E-state index contributed by atoms with van der Waals surface area (Å²) in [5.41, 5.74) is 10.2. The molecule has 0 saturated heterocycles. The zero-order valence-corrected chi connectivity index (χ0v) is 14.1. The van der Waals surface area contributed by atoms with E-state index in [-0.39, 0.29) is 37.0 Å². The van der Waals surface area contributed by atoms with Crippen LogP contribution in [-0.2, 0) is 20.5 Å². The summed E-state index contributed by atoms with van der Waals surface area (Å²) < 4.78 is 0. The lowest BCUT2D eigenvalue weighted by atomic mass is 10.2. The molecule has 116 valence electrons. The van der Waals surface area contributed by atoms with Crippen molar-refractivity contribution in [2.45, 2.75) is 24.9 Å². The van der Waals surface area contributed by atoms with Crippen LogP contribution in [0, 0.1) is 0 Å². The molecule has 0 rings (SSSR count). The van der Waals surface area contributed by atoms with Gasteiger partial charge in [0, 0.05) is 13.0 Å². The summed E-state index contributed by atoms with van der Waals surface area (Å²) in [6.07, 6.45) is 4.86. The van der Waals surface area contributed by atoms with Gasteiger partial charge in [0.2, 0.25) is 0 Å². The van der Waals surface area contributed by atoms with Crippen molar-refractivity contribution in [1.29, 1.82) is 0 Å². The molecular formula is C10H23IN2O5S. The van der Waals surface area contributed by atoms with E-state index in [4.69, 9.17) is 26.8 Å². The van der Waals surface area contributed by atoms with Gasteiger partial charge in [-0.25, -0.2) is 0 Å². The number of carboxylic acid groups (broad SMARTS) is 2. The summed E-state index contributed by atoms with van der Waals surface area (Å²) in [4.78, 5) is 20.0. The van der Waals surface area contributed by atoms with Crippen molar-refractivity contribution >= 4 is 22.8 Å². The van der Waals surface area contributed by atoms with Crippen molar-refractivity contribution in [1.82, 2.24) is 0 Å². The minimum atomic E-state index is -1.07. The predicted molar refractivity (Wildman–Crippen MR) is 71.6 cm³/mol. The van der Waals surface area contributed by atoms with Crippen LogP contribution in [0.5, 0.6) is 0 Å². The quantitative estimate of drug-likeness (QED) is 0.210. The Bertz CT molecular complexity index is 256. The fraction of sp³-hybridized carbons (Fsp3) is 0.800. The second-order valence-corrected chi connectivity index (χ2v) is 6.26. The predicted octanol–water partition coefficient (Wildman–Crippen LogP) is -4.55. The number of nitrogens with two attached hydrogens (primary N) is 2. The van der Waals surface area contributed by atoms with Crippen LogP contribution in [0.2, 0.25) is 0 Å². The van der Waals surface area contributed by atoms with E-state index in [1.807, 2.05) is 0 Å². The zero-order chi connectivity index (χ0) is 14.7. The summed E-state index contributed by atoms with van der Waals surface area (Å²) in [5.74, 6) is -1.06. The Kier molecular flexibility index (Phi) is 18.0. The SMILES string of the molecule is C[S+](C)CC[C@@H](N)C(=O)O.N[C@H](CCO)C(=O)O.[I-]. The maximum absolute atomic E-state index is 10.2. The first-order valence-corrected chi connectivity index (χ1v) is 7.55. The Morgan fingerprint density at radius 2 is 1.42 bits per heavy atom. The van der Waals surface area contributed by atoms with Crippen LogP contribution in [0.1, 0.15) is 12.8 Å². The molecule has 0 heterocycles. The molecule has 9 heteroatoms. The van der Waals surface area contributed by atoms with E-state index in [1.54, 1.807) is 0 Å². The summed E-state index contributed by atoms with van der Waals surface area (Å²) in [6.45, 7) is -0.173. The van der Waals surface area contributed by atoms with Crippen molar-refractivity contribution < 1.29 is 48.9 Å². The van der Waals surface area contributed by atoms with Crippen LogP contribution in [0.15, 0.2) is 0 Å². The molecule has 0 spiro atoms. The van der Waals surface area contributed by atoms with Gasteiger partial charge in [-0.3, -0.25) is 9.59 Å². The van der Waals surface area contributed by atoms with Gasteiger partial charge in [0.25, 0.3) is 0 Å². The second kappa shape index (κ2) is 14.3. The number of hydrogen-bond donors (Lipinski definition) is 5. The molecule has 0 amide bonds. The highest BCUT2D eigenvalue weighted by Gasteiger charge is 2.14. The van der Waals surface area contributed by atoms with Gasteiger partial charge in [0.05, 0.1) is 12.5 Å². The van der Waals surface area contributed by atoms with Gasteiger partial charge in [-0.05, 0) is 17.3 Å². The van der Waals surface area contributed by atoms with Gasteiger partial charge >= 0.3 is 11.9 Å². The Labute approximate surface area is 133 Å². The van der Waals surface area contributed by atoms with Crippen molar-refractivity contribution in [2.24, 2.45) is 11.5 Å². The molecule has 0 bridgehead atoms. The van der Waals surface area contributed by atoms with E-state index in [0.717, 1.165) is 5.75 Å². The zero-order valence-electron chi connectivity index (χ0n) is 11.1. The Hall–Kier alpha value is -0.100. The van der Waals surface area contributed by atoms with Gasteiger partial charge in [-0.2, -0.15) is 0 Å². The molecule has 0 aliphatic rings. The largest absolute Gasteiger partial charge is 1.00 e. The second-order valence-electron chi connectivity index (χ2n) is 3.88. The highest BCUT2D eigenvalue weighted by molar-refractivity contribution is 7.95. The fourth-order valence-electron chi connectivity index (χ4n) is 0.749. The molecular weight excluding hydrogens is 387 g/mol. The standard InChI is InChI=1S/C6H13NO2S.C4H9NO3.HI/c1-10(2)4-3-5(7)6(8)9;5-3(1-2-6)4(7)8;/h5H,3-4,7H2,1-2H3;3,6H,1-2,5H2,(H,7,8);1H/t5-;3-;/m11./s1. The number of aliphatic hydroxyl groups excluding tert-OH is 1. The number of rotatable bonds is 7. The van der Waals surface area contributed by atoms with E-state index >= 15 is 0 Å². The molecule has 0 aromatic carbocycles. The topological polar surface area (TPSA) is 147 Å². The third-order valence-electron chi connectivity index (χ3n) is 1.91. The Morgan fingerprint density at radius 3 is 1.63 bits per heavy atom. The number of carbonyl (C=O) groups is 2. The highest BCUT2D eigenvalue weighted by atomic mass is 127. The lowest BCUT2D eigenvalue weighted by Crippen LogP contribution is -3.00. The maximum atomic E-state index is 10.2. The van der Waals surface area contributed by atoms with Crippen LogP contribution >= 0.6 is 0 Å². The van der Waals surface area contributed by atoms with Crippen LogP contribution in [0.3, 0.4) is 0 Å². The first-order chi connectivity index (χ1) is 8.22. The monoisotopic (exact) mass is 410 g/mol. The van der Waals surface area contributed by atoms with E-state index < -0.39 is 24.0 Å². The van der Waals surface area contributed by atoms with Crippen LogP contribution in [-0.4, -0.2) is 64.2 Å². The summed E-state index contributed by atoms with van der Waals surface area (Å²) in [7, 11) is 0.304.